The molecule has 0 atom stereocenters. The van der Waals surface area contributed by atoms with Gasteiger partial charge in [0.2, 0.25) is 0 Å². The first-order chi connectivity index (χ1) is 16.4. The van der Waals surface area contributed by atoms with Gasteiger partial charge in [0.15, 0.2) is 0 Å². The smallest absolute Gasteiger partial charge is 0.256 e. The molecule has 0 spiro atoms. The quantitative estimate of drug-likeness (QED) is 0.419. The van der Waals surface area contributed by atoms with E-state index in [4.69, 9.17) is 14.9 Å². The normalized spacial score (nSPS) is 13.9. The average Bonchev–Trinajstić information content (AvgIpc) is 2.84. The monoisotopic (exact) mass is 469 g/mol. The third-order valence-electron chi connectivity index (χ3n) is 6.39. The largest absolute Gasteiger partial charge is 0.496 e. The highest BCUT2D eigenvalue weighted by Crippen LogP contribution is 2.35. The fourth-order valence-corrected chi connectivity index (χ4v) is 4.64. The van der Waals surface area contributed by atoms with Gasteiger partial charge in [-0.1, -0.05) is 0 Å². The number of anilines is 2. The number of pyridine rings is 1. The number of hydrogen-bond acceptors (Lipinski definition) is 7. The van der Waals surface area contributed by atoms with E-state index in [9.17, 15) is 9.59 Å². The highest BCUT2D eigenvalue weighted by atomic mass is 16.5. The Bertz CT molecular complexity index is 1110. The zero-order valence-electron chi connectivity index (χ0n) is 20.6. The highest BCUT2D eigenvalue weighted by Gasteiger charge is 2.27. The van der Waals surface area contributed by atoms with Gasteiger partial charge in [-0.05, 0) is 51.3 Å². The molecule has 9 heteroatoms. The van der Waals surface area contributed by atoms with Crippen LogP contribution in [0.3, 0.4) is 0 Å². The lowest BCUT2D eigenvalue weighted by molar-refractivity contribution is 0.0845. The summed E-state index contributed by atoms with van der Waals surface area (Å²) in [5, 5.41) is 14.1. The summed E-state index contributed by atoms with van der Waals surface area (Å²) >= 11 is 0. The maximum absolute atomic E-state index is 13.3. The predicted molar refractivity (Wildman–Crippen MR) is 135 cm³/mol. The van der Waals surface area contributed by atoms with Crippen LogP contribution in [-0.4, -0.2) is 57.1 Å². The molecule has 9 nitrogen and oxygen atoms in total. The first-order valence-corrected chi connectivity index (χ1v) is 11.6. The molecule has 0 aliphatic carbocycles. The van der Waals surface area contributed by atoms with Gasteiger partial charge < -0.3 is 35.4 Å². The van der Waals surface area contributed by atoms with E-state index in [0.29, 0.717) is 41.5 Å². The lowest BCUT2D eigenvalue weighted by atomic mass is 9.95. The minimum atomic E-state index is -0.295. The third kappa shape index (κ3) is 5.09. The van der Waals surface area contributed by atoms with Crippen LogP contribution >= 0.6 is 0 Å². The molecule has 1 fully saturated rings. The minimum absolute atomic E-state index is 0.0328. The molecule has 1 saturated heterocycles. The van der Waals surface area contributed by atoms with Crippen molar-refractivity contribution >= 4 is 23.5 Å². The van der Waals surface area contributed by atoms with Crippen LogP contribution in [0.2, 0.25) is 0 Å². The van der Waals surface area contributed by atoms with Crippen LogP contribution in [0, 0.1) is 19.3 Å². The van der Waals surface area contributed by atoms with Crippen LogP contribution in [0.1, 0.15) is 52.5 Å². The molecule has 0 unspecified atom stereocenters. The van der Waals surface area contributed by atoms with Gasteiger partial charge in [0, 0.05) is 61.6 Å². The molecular weight excluding hydrogens is 434 g/mol. The zero-order valence-corrected chi connectivity index (χ0v) is 20.6. The molecular formula is C25H35N5O4. The van der Waals surface area contributed by atoms with Crippen molar-refractivity contribution in [2.24, 2.45) is 0 Å². The van der Waals surface area contributed by atoms with Crippen molar-refractivity contribution in [3.8, 4) is 5.75 Å². The van der Waals surface area contributed by atoms with Crippen molar-refractivity contribution in [3.63, 3.8) is 0 Å². The molecule has 1 aliphatic rings. The van der Waals surface area contributed by atoms with Crippen molar-refractivity contribution in [2.75, 3.05) is 44.1 Å². The number of hydrogen-bond donors (Lipinski definition) is 4. The highest BCUT2D eigenvalue weighted by molar-refractivity contribution is 6.03. The molecule has 0 radical (unpaired) electrons. The van der Waals surface area contributed by atoms with E-state index in [2.05, 4.69) is 27.4 Å². The van der Waals surface area contributed by atoms with Gasteiger partial charge >= 0.3 is 0 Å². The number of carbonyl (C=O) groups excluding carboxylic acids is 1. The van der Waals surface area contributed by atoms with Gasteiger partial charge in [0.1, 0.15) is 5.75 Å². The van der Waals surface area contributed by atoms with E-state index in [1.807, 2.05) is 6.92 Å². The third-order valence-corrected chi connectivity index (χ3v) is 6.39. The summed E-state index contributed by atoms with van der Waals surface area (Å²) < 4.78 is 10.9. The Balaban J connectivity index is 2.00. The van der Waals surface area contributed by atoms with Gasteiger partial charge in [-0.3, -0.25) is 9.59 Å². The van der Waals surface area contributed by atoms with Crippen LogP contribution in [0.25, 0.3) is 0 Å². The zero-order chi connectivity index (χ0) is 24.8. The molecule has 2 heterocycles. The van der Waals surface area contributed by atoms with Crippen molar-refractivity contribution in [1.82, 2.24) is 10.3 Å². The summed E-state index contributed by atoms with van der Waals surface area (Å²) in [5.41, 5.74) is 4.39. The van der Waals surface area contributed by atoms with Crippen molar-refractivity contribution in [2.45, 2.75) is 46.2 Å². The Morgan fingerprint density at radius 2 is 2.03 bits per heavy atom. The van der Waals surface area contributed by atoms with Crippen molar-refractivity contribution in [1.29, 1.82) is 5.41 Å². The molecule has 4 N–H and O–H groups in total. The Hall–Kier alpha value is -3.33. The summed E-state index contributed by atoms with van der Waals surface area (Å²) in [6, 6.07) is 3.77. The fourth-order valence-electron chi connectivity index (χ4n) is 4.64. The number of methoxy groups -OCH3 is 1. The number of H-pyrrole nitrogens is 1. The Morgan fingerprint density at radius 1 is 1.32 bits per heavy atom. The summed E-state index contributed by atoms with van der Waals surface area (Å²) in [5.74, 6) is 0.141. The van der Waals surface area contributed by atoms with E-state index in [1.165, 1.54) is 13.3 Å². The van der Waals surface area contributed by atoms with E-state index < -0.39 is 0 Å². The van der Waals surface area contributed by atoms with Crippen molar-refractivity contribution in [3.05, 3.63) is 50.4 Å². The van der Waals surface area contributed by atoms with Gasteiger partial charge in [-0.2, -0.15) is 0 Å². The van der Waals surface area contributed by atoms with Gasteiger partial charge in [0.25, 0.3) is 11.5 Å². The second-order valence-corrected chi connectivity index (χ2v) is 8.39. The molecule has 0 saturated carbocycles. The van der Waals surface area contributed by atoms with Gasteiger partial charge in [0.05, 0.1) is 24.9 Å². The maximum atomic E-state index is 13.3. The second kappa shape index (κ2) is 11.2. The number of nitrogens with zero attached hydrogens (tertiary/aromatic N) is 1. The number of rotatable bonds is 9. The molecule has 2 aromatic rings. The summed E-state index contributed by atoms with van der Waals surface area (Å²) in [4.78, 5) is 30.8. The Labute approximate surface area is 200 Å². The molecule has 1 aromatic carbocycles. The fraction of sp³-hybridized carbons (Fsp3) is 0.480. The van der Waals surface area contributed by atoms with Crippen LogP contribution in [-0.2, 0) is 11.3 Å². The minimum Gasteiger partial charge on any atom is -0.496 e. The molecule has 184 valence electrons. The van der Waals surface area contributed by atoms with Gasteiger partial charge in [-0.15, -0.1) is 0 Å². The second-order valence-electron chi connectivity index (χ2n) is 8.39. The number of carbonyl (C=O) groups is 1. The van der Waals surface area contributed by atoms with E-state index in [1.54, 1.807) is 26.1 Å². The SMILES string of the molecule is CCN(c1c(C)c(C(=O)NCc2c(OC)cc(C)[nH]c2=O)cc(NC)c1C=N)C1CCOCC1. The predicted octanol–water partition coefficient (Wildman–Crippen LogP) is 2.98. The molecule has 1 aliphatic heterocycles. The average molecular weight is 470 g/mol. The number of aryl methyl sites for hydroxylation is 1. The van der Waals surface area contributed by atoms with E-state index >= 15 is 0 Å². The molecule has 1 amide bonds. The summed E-state index contributed by atoms with van der Waals surface area (Å²) in [6.07, 6.45) is 3.13. The lowest BCUT2D eigenvalue weighted by Crippen LogP contribution is -2.41. The lowest BCUT2D eigenvalue weighted by Gasteiger charge is -2.38. The maximum Gasteiger partial charge on any atom is 0.256 e. The topological polar surface area (TPSA) is 120 Å². The van der Waals surface area contributed by atoms with Crippen molar-refractivity contribution < 1.29 is 14.3 Å². The number of amides is 1. The first-order valence-electron chi connectivity index (χ1n) is 11.6. The van der Waals surface area contributed by atoms with Crippen LogP contribution in [0.5, 0.6) is 5.75 Å². The van der Waals surface area contributed by atoms with E-state index in [0.717, 1.165) is 36.2 Å². The number of benzene rings is 1. The number of aromatic nitrogens is 1. The number of ether oxygens (including phenoxy) is 2. The van der Waals surface area contributed by atoms with E-state index in [-0.39, 0.29) is 24.1 Å². The first kappa shape index (κ1) is 25.3. The van der Waals surface area contributed by atoms with Crippen LogP contribution in [0.15, 0.2) is 16.9 Å². The molecule has 1 aromatic heterocycles. The van der Waals surface area contributed by atoms with Crippen LogP contribution < -0.4 is 25.8 Å². The Morgan fingerprint density at radius 3 is 2.62 bits per heavy atom. The molecule has 34 heavy (non-hydrogen) atoms. The Kier molecular flexibility index (Phi) is 8.33. The standard InChI is InChI=1S/C25H35N5O4/c1-6-30(17-7-9-34-10-8-17)23-16(3)18(12-21(27-4)19(23)13-26)24(31)28-14-20-22(33-5)11-15(2)29-25(20)32/h11-13,17,26-27H,6-10,14H2,1-5H3,(H,28,31)(H,29,32). The number of nitrogens with one attached hydrogen (secondary N) is 4. The molecule has 0 bridgehead atoms. The van der Waals surface area contributed by atoms with Crippen LogP contribution in [0.4, 0.5) is 11.4 Å². The number of aromatic amines is 1. The summed E-state index contributed by atoms with van der Waals surface area (Å²) in [6.45, 7) is 7.96. The molecule has 3 rings (SSSR count). The summed E-state index contributed by atoms with van der Waals surface area (Å²) in [7, 11) is 3.28. The van der Waals surface area contributed by atoms with Gasteiger partial charge in [-0.25, -0.2) is 0 Å².